The lowest BCUT2D eigenvalue weighted by Gasteiger charge is -2.09. The fourth-order valence-electron chi connectivity index (χ4n) is 2.26. The molecule has 1 nitrogen and oxygen atoms in total. The van der Waals surface area contributed by atoms with Crippen LogP contribution < -0.4 is 0 Å². The molecular weight excluding hydrogens is 182 g/mol. The van der Waals surface area contributed by atoms with Gasteiger partial charge >= 0.3 is 0 Å². The van der Waals surface area contributed by atoms with Gasteiger partial charge in [0, 0.05) is 17.9 Å². The molecule has 0 atom stereocenters. The Morgan fingerprint density at radius 2 is 1.80 bits per heavy atom. The van der Waals surface area contributed by atoms with E-state index in [-0.39, 0.29) is 0 Å². The highest BCUT2D eigenvalue weighted by Crippen LogP contribution is 2.17. The summed E-state index contributed by atoms with van der Waals surface area (Å²) in [6.45, 7) is 10.2. The summed E-state index contributed by atoms with van der Waals surface area (Å²) in [6, 6.07) is 2.37. The van der Waals surface area contributed by atoms with Gasteiger partial charge in [-0.15, -0.1) is 0 Å². The van der Waals surface area contributed by atoms with Gasteiger partial charge in [0.1, 0.15) is 0 Å². The summed E-state index contributed by atoms with van der Waals surface area (Å²) >= 11 is 0. The van der Waals surface area contributed by atoms with E-state index in [0.717, 1.165) is 0 Å². The highest BCUT2D eigenvalue weighted by molar-refractivity contribution is 5.26. The molecule has 0 spiro atoms. The van der Waals surface area contributed by atoms with E-state index in [1.807, 2.05) is 0 Å². The molecule has 0 radical (unpaired) electrons. The van der Waals surface area contributed by atoms with Crippen molar-refractivity contribution in [1.82, 2.24) is 4.57 Å². The Balaban J connectivity index is 2.69. The minimum absolute atomic E-state index is 1.20. The Labute approximate surface area is 94.5 Å². The van der Waals surface area contributed by atoms with Crippen LogP contribution in [0.25, 0.3) is 0 Å². The van der Waals surface area contributed by atoms with Crippen molar-refractivity contribution in [3.63, 3.8) is 0 Å². The van der Waals surface area contributed by atoms with Gasteiger partial charge in [-0.25, -0.2) is 0 Å². The molecule has 0 amide bonds. The SMILES string of the molecule is CCCCCn1c(C)cc(CCC)c1C. The summed E-state index contributed by atoms with van der Waals surface area (Å²) in [5.41, 5.74) is 4.48. The molecular formula is C14H25N. The second-order valence-electron chi connectivity index (χ2n) is 4.51. The third-order valence-electron chi connectivity index (χ3n) is 3.18. The van der Waals surface area contributed by atoms with Gasteiger partial charge in [0.25, 0.3) is 0 Å². The molecule has 15 heavy (non-hydrogen) atoms. The molecule has 0 N–H and O–H groups in total. The van der Waals surface area contributed by atoms with Crippen molar-refractivity contribution in [1.29, 1.82) is 0 Å². The van der Waals surface area contributed by atoms with Gasteiger partial charge < -0.3 is 4.57 Å². The van der Waals surface area contributed by atoms with Crippen molar-refractivity contribution in [2.75, 3.05) is 0 Å². The van der Waals surface area contributed by atoms with E-state index in [2.05, 4.69) is 38.3 Å². The van der Waals surface area contributed by atoms with Crippen molar-refractivity contribution in [2.24, 2.45) is 0 Å². The van der Waals surface area contributed by atoms with Crippen LogP contribution in [0.1, 0.15) is 56.5 Å². The largest absolute Gasteiger partial charge is 0.349 e. The van der Waals surface area contributed by atoms with Gasteiger partial charge in [-0.3, -0.25) is 0 Å². The zero-order valence-electron chi connectivity index (χ0n) is 10.8. The van der Waals surface area contributed by atoms with E-state index in [1.54, 1.807) is 5.56 Å². The fraction of sp³-hybridized carbons (Fsp3) is 0.714. The average Bonchev–Trinajstić information content (AvgIpc) is 2.46. The van der Waals surface area contributed by atoms with Gasteiger partial charge in [-0.1, -0.05) is 33.1 Å². The van der Waals surface area contributed by atoms with Gasteiger partial charge in [0.05, 0.1) is 0 Å². The number of nitrogens with zero attached hydrogens (tertiary/aromatic N) is 1. The molecule has 1 aromatic heterocycles. The molecule has 1 aromatic rings. The highest BCUT2D eigenvalue weighted by Gasteiger charge is 2.07. The van der Waals surface area contributed by atoms with Crippen LogP contribution in [0, 0.1) is 13.8 Å². The summed E-state index contributed by atoms with van der Waals surface area (Å²) in [4.78, 5) is 0. The first kappa shape index (κ1) is 12.4. The minimum Gasteiger partial charge on any atom is -0.349 e. The van der Waals surface area contributed by atoms with Crippen LogP contribution in [0.5, 0.6) is 0 Å². The predicted molar refractivity (Wildman–Crippen MR) is 67.4 cm³/mol. The molecule has 1 rings (SSSR count). The lowest BCUT2D eigenvalue weighted by molar-refractivity contribution is 0.583. The van der Waals surface area contributed by atoms with E-state index in [1.165, 1.54) is 50.0 Å². The van der Waals surface area contributed by atoms with E-state index in [9.17, 15) is 0 Å². The Morgan fingerprint density at radius 1 is 1.07 bits per heavy atom. The topological polar surface area (TPSA) is 4.93 Å². The summed E-state index contributed by atoms with van der Waals surface area (Å²) in [6.07, 6.45) is 6.45. The quantitative estimate of drug-likeness (QED) is 0.615. The van der Waals surface area contributed by atoms with Crippen LogP contribution in [-0.4, -0.2) is 4.57 Å². The molecule has 0 aromatic carbocycles. The second kappa shape index (κ2) is 5.99. The van der Waals surface area contributed by atoms with E-state index in [4.69, 9.17) is 0 Å². The van der Waals surface area contributed by atoms with Gasteiger partial charge in [0.2, 0.25) is 0 Å². The van der Waals surface area contributed by atoms with Crippen molar-refractivity contribution < 1.29 is 0 Å². The molecule has 1 heteroatoms. The number of hydrogen-bond donors (Lipinski definition) is 0. The van der Waals surface area contributed by atoms with Crippen LogP contribution in [0.3, 0.4) is 0 Å². The van der Waals surface area contributed by atoms with Crippen molar-refractivity contribution >= 4 is 0 Å². The normalized spacial score (nSPS) is 10.9. The third-order valence-corrected chi connectivity index (χ3v) is 3.18. The number of aromatic nitrogens is 1. The maximum atomic E-state index is 2.49. The molecule has 0 bridgehead atoms. The van der Waals surface area contributed by atoms with Gasteiger partial charge in [0.15, 0.2) is 0 Å². The molecule has 0 aliphatic rings. The monoisotopic (exact) mass is 207 g/mol. The minimum atomic E-state index is 1.20. The molecule has 1 heterocycles. The Hall–Kier alpha value is -0.720. The Morgan fingerprint density at radius 3 is 2.40 bits per heavy atom. The Bertz CT molecular complexity index is 297. The molecule has 0 aliphatic carbocycles. The first-order valence-corrected chi connectivity index (χ1v) is 6.36. The third kappa shape index (κ3) is 3.12. The van der Waals surface area contributed by atoms with Crippen LogP contribution in [0.4, 0.5) is 0 Å². The molecule has 0 aliphatic heterocycles. The molecule has 0 saturated heterocycles. The molecule has 0 unspecified atom stereocenters. The maximum Gasteiger partial charge on any atom is 0.0224 e. The zero-order chi connectivity index (χ0) is 11.3. The van der Waals surface area contributed by atoms with Crippen LogP contribution in [0.2, 0.25) is 0 Å². The lowest BCUT2D eigenvalue weighted by Crippen LogP contribution is -2.02. The molecule has 86 valence electrons. The molecule has 0 saturated carbocycles. The summed E-state index contributed by atoms with van der Waals surface area (Å²) in [7, 11) is 0. The van der Waals surface area contributed by atoms with E-state index < -0.39 is 0 Å². The first-order valence-electron chi connectivity index (χ1n) is 6.36. The zero-order valence-corrected chi connectivity index (χ0v) is 10.8. The highest BCUT2D eigenvalue weighted by atomic mass is 15.0. The van der Waals surface area contributed by atoms with Crippen LogP contribution >= 0.6 is 0 Å². The first-order chi connectivity index (χ1) is 7.20. The summed E-state index contributed by atoms with van der Waals surface area (Å²) < 4.78 is 2.49. The molecule has 0 fully saturated rings. The van der Waals surface area contributed by atoms with Gasteiger partial charge in [-0.2, -0.15) is 0 Å². The summed E-state index contributed by atoms with van der Waals surface area (Å²) in [5.74, 6) is 0. The number of unbranched alkanes of at least 4 members (excludes halogenated alkanes) is 2. The van der Waals surface area contributed by atoms with Gasteiger partial charge in [-0.05, 0) is 38.3 Å². The van der Waals surface area contributed by atoms with Crippen molar-refractivity contribution in [3.05, 3.63) is 23.0 Å². The standard InChI is InChI=1S/C14H25N/c1-5-7-8-10-15-12(3)11-14(9-6-2)13(15)4/h11H,5-10H2,1-4H3. The van der Waals surface area contributed by atoms with Crippen molar-refractivity contribution in [3.8, 4) is 0 Å². The van der Waals surface area contributed by atoms with E-state index in [0.29, 0.717) is 0 Å². The number of hydrogen-bond acceptors (Lipinski definition) is 0. The van der Waals surface area contributed by atoms with Crippen molar-refractivity contribution in [2.45, 2.75) is 66.3 Å². The smallest absolute Gasteiger partial charge is 0.0224 e. The summed E-state index contributed by atoms with van der Waals surface area (Å²) in [5, 5.41) is 0. The Kier molecular flexibility index (Phi) is 4.93. The number of rotatable bonds is 6. The van der Waals surface area contributed by atoms with Crippen LogP contribution in [-0.2, 0) is 13.0 Å². The maximum absolute atomic E-state index is 2.49. The average molecular weight is 207 g/mol. The lowest BCUT2D eigenvalue weighted by atomic mass is 10.1. The number of aryl methyl sites for hydroxylation is 2. The fourth-order valence-corrected chi connectivity index (χ4v) is 2.26. The van der Waals surface area contributed by atoms with E-state index >= 15 is 0 Å². The predicted octanol–water partition coefficient (Wildman–Crippen LogP) is 4.25. The van der Waals surface area contributed by atoms with Crippen LogP contribution in [0.15, 0.2) is 6.07 Å². The second-order valence-corrected chi connectivity index (χ2v) is 4.51.